The molecular weight excluding hydrogens is 1110 g/mol. The Bertz CT molecular complexity index is 3790. The number of rotatable bonds is 19. The summed E-state index contributed by atoms with van der Waals surface area (Å²) in [6.45, 7) is 9.81. The van der Waals surface area contributed by atoms with Crippen LogP contribution in [0.3, 0.4) is 0 Å². The molecule has 6 aromatic carbocycles. The summed E-state index contributed by atoms with van der Waals surface area (Å²) in [6, 6.07) is 35.8. The maximum atomic E-state index is 14.2. The Kier molecular flexibility index (Phi) is 16.6. The molecule has 1 saturated heterocycles. The van der Waals surface area contributed by atoms with E-state index in [1.807, 2.05) is 79.3 Å². The van der Waals surface area contributed by atoms with Gasteiger partial charge in [-0.15, -0.1) is 0 Å². The molecule has 88 heavy (non-hydrogen) atoms. The van der Waals surface area contributed by atoms with Gasteiger partial charge in [0.05, 0.1) is 62.0 Å². The number of anilines is 2. The van der Waals surface area contributed by atoms with Crippen molar-refractivity contribution in [3.05, 3.63) is 167 Å². The van der Waals surface area contributed by atoms with Crippen LogP contribution in [0.15, 0.2) is 144 Å². The zero-order valence-electron chi connectivity index (χ0n) is 50.1. The molecule has 0 unspecified atom stereocenters. The molecule has 3 N–H and O–H groups in total. The van der Waals surface area contributed by atoms with Gasteiger partial charge in [0.1, 0.15) is 12.1 Å². The summed E-state index contributed by atoms with van der Waals surface area (Å²) >= 11 is 0. The van der Waals surface area contributed by atoms with Crippen molar-refractivity contribution >= 4 is 76.0 Å². The van der Waals surface area contributed by atoms with Crippen LogP contribution in [0.5, 0.6) is 23.0 Å². The third kappa shape index (κ3) is 11.7. The molecule has 452 valence electrons. The average molecular weight is 1190 g/mol. The third-order valence-electron chi connectivity index (χ3n) is 17.4. The first kappa shape index (κ1) is 58.6. The lowest BCUT2D eigenvalue weighted by Crippen LogP contribution is -2.56. The number of nitrogens with zero attached hydrogens (tertiary/aromatic N) is 7. The number of fused-ring (bicyclic) bond motifs is 7. The number of ether oxygens (including phenoxy) is 4. The van der Waals surface area contributed by atoms with Crippen LogP contribution in [-0.2, 0) is 9.59 Å². The van der Waals surface area contributed by atoms with Crippen molar-refractivity contribution in [1.82, 2.24) is 24.9 Å². The number of amides is 5. The second-order valence-corrected chi connectivity index (χ2v) is 23.4. The van der Waals surface area contributed by atoms with Crippen molar-refractivity contribution in [2.24, 2.45) is 15.9 Å². The fraction of sp³-hybridized carbons (Fsp3) is 0.319. The minimum absolute atomic E-state index is 0.0635. The average Bonchev–Trinajstić information content (AvgIpc) is 2.34. The molecule has 19 nitrogen and oxygen atoms in total. The predicted octanol–water partition coefficient (Wildman–Crippen LogP) is 10.5. The van der Waals surface area contributed by atoms with Crippen LogP contribution in [0.25, 0.3) is 22.3 Å². The number of carbonyl (C=O) groups is 5. The first-order chi connectivity index (χ1) is 42.6. The largest absolute Gasteiger partial charge is 0.493 e. The fourth-order valence-electron chi connectivity index (χ4n) is 12.7. The zero-order chi connectivity index (χ0) is 61.3. The van der Waals surface area contributed by atoms with Gasteiger partial charge in [0.15, 0.2) is 23.0 Å². The maximum Gasteiger partial charge on any atom is 0.408 e. The normalized spacial score (nSPS) is 18.1. The third-order valence-corrected chi connectivity index (χ3v) is 17.4. The van der Waals surface area contributed by atoms with Crippen LogP contribution in [0.2, 0.25) is 0 Å². The lowest BCUT2D eigenvalue weighted by atomic mass is 9.94. The highest BCUT2D eigenvalue weighted by atomic mass is 16.5. The van der Waals surface area contributed by atoms with Crippen molar-refractivity contribution in [2.75, 3.05) is 77.4 Å². The Morgan fingerprint density at radius 1 is 0.636 bits per heavy atom. The number of carbonyl (C=O) groups excluding carboxylic acids is 4. The summed E-state index contributed by atoms with van der Waals surface area (Å²) in [6.07, 6.45) is 7.74. The summed E-state index contributed by atoms with van der Waals surface area (Å²) in [7, 11) is 5.21. The summed E-state index contributed by atoms with van der Waals surface area (Å²) in [5.41, 5.74) is 11.4. The lowest BCUT2D eigenvalue weighted by Gasteiger charge is -2.34. The summed E-state index contributed by atoms with van der Waals surface area (Å²) in [5.74, 6) is -0.471. The highest BCUT2D eigenvalue weighted by Gasteiger charge is 2.40. The van der Waals surface area contributed by atoms with Crippen LogP contribution in [-0.4, -0.2) is 158 Å². The van der Waals surface area contributed by atoms with Gasteiger partial charge in [-0.1, -0.05) is 86.6 Å². The molecule has 0 bridgehead atoms. The first-order valence-corrected chi connectivity index (χ1v) is 29.9. The molecule has 0 spiro atoms. The van der Waals surface area contributed by atoms with E-state index in [1.165, 1.54) is 17.7 Å². The summed E-state index contributed by atoms with van der Waals surface area (Å²) < 4.78 is 23.9. The highest BCUT2D eigenvalue weighted by molar-refractivity contribution is 6.07. The number of hydrogen-bond donors (Lipinski definition) is 3. The first-order valence-electron chi connectivity index (χ1n) is 29.9. The molecule has 5 amide bonds. The van der Waals surface area contributed by atoms with Crippen molar-refractivity contribution in [1.29, 1.82) is 0 Å². The van der Waals surface area contributed by atoms with E-state index in [4.69, 9.17) is 28.9 Å². The quantitative estimate of drug-likeness (QED) is 0.0648. The Balaban J connectivity index is 0.630. The number of carboxylic acid groups (broad SMARTS) is 1. The van der Waals surface area contributed by atoms with E-state index in [9.17, 15) is 29.1 Å². The molecule has 5 aliphatic heterocycles. The van der Waals surface area contributed by atoms with Gasteiger partial charge in [0.25, 0.3) is 11.8 Å². The number of piperazine rings is 1. The second kappa shape index (κ2) is 24.9. The number of benzene rings is 6. The Hall–Kier alpha value is -9.75. The van der Waals surface area contributed by atoms with E-state index < -0.39 is 35.9 Å². The molecule has 5 heterocycles. The zero-order valence-corrected chi connectivity index (χ0v) is 50.1. The van der Waals surface area contributed by atoms with E-state index in [-0.39, 0.29) is 49.6 Å². The van der Waals surface area contributed by atoms with Gasteiger partial charge < -0.3 is 54.3 Å². The molecule has 0 radical (unpaired) electrons. The summed E-state index contributed by atoms with van der Waals surface area (Å²) in [4.78, 5) is 87.7. The van der Waals surface area contributed by atoms with Crippen LogP contribution in [0.4, 0.5) is 27.5 Å². The van der Waals surface area contributed by atoms with E-state index in [1.54, 1.807) is 80.3 Å². The molecule has 12 rings (SSSR count). The lowest BCUT2D eigenvalue weighted by molar-refractivity contribution is -0.130. The molecule has 4 atom stereocenters. The van der Waals surface area contributed by atoms with Crippen molar-refractivity contribution in [3.63, 3.8) is 0 Å². The molecule has 6 aromatic rings. The number of hydrogen-bond acceptors (Lipinski definition) is 13. The molecule has 19 heteroatoms. The number of likely N-dealkylation sites (N-methyl/N-ethyl adjacent to an activating group) is 1. The van der Waals surface area contributed by atoms with E-state index in [0.29, 0.717) is 70.4 Å². The van der Waals surface area contributed by atoms with Crippen LogP contribution >= 0.6 is 0 Å². The number of nitrogens with one attached hydrogen (secondary N) is 2. The standard InChI is InChI=1S/C69H71N9O10/c1-41(2)64(78(69(83)84)40-57-53-14-9-7-12-51(53)52-13-8-10-15-54(52)57)66(80)72-42(3)65(79)73-47-20-16-43(17-21-47)45-30-49-36-70-58-34-62(60(85-5)32-55(58)67(81)76(49)38-45)87-28-11-29-88-63-35-59-56(33-61(63)86-6)68(82)77-39-46(31-50(77)37-71-59)44-18-22-48(23-19-44)75-26-24-74(4)25-27-75/h7-10,12-23,32-39,41-42,49-50,57,64H,11,24-31,40H2,1-6H3,(H,72,80)(H,73,79)(H,83,84)/t42-,49-,50-,64-/m0/s1. The predicted molar refractivity (Wildman–Crippen MR) is 339 cm³/mol. The number of aliphatic imine (C=N–C) groups is 2. The van der Waals surface area contributed by atoms with Crippen LogP contribution in [0, 0.1) is 5.92 Å². The minimum atomic E-state index is -1.22. The molecule has 1 fully saturated rings. The maximum absolute atomic E-state index is 14.2. The van der Waals surface area contributed by atoms with E-state index in [2.05, 4.69) is 51.7 Å². The fourth-order valence-corrected chi connectivity index (χ4v) is 12.7. The minimum Gasteiger partial charge on any atom is -0.493 e. The Morgan fingerprint density at radius 3 is 1.62 bits per heavy atom. The second-order valence-electron chi connectivity index (χ2n) is 23.4. The van der Waals surface area contributed by atoms with Gasteiger partial charge in [-0.3, -0.25) is 34.1 Å². The van der Waals surface area contributed by atoms with Gasteiger partial charge in [-0.05, 0) is 101 Å². The highest BCUT2D eigenvalue weighted by Crippen LogP contribution is 2.46. The SMILES string of the molecule is COc1cc2c(cc1OCCCOc1cc3c(cc1OC)C(=O)N1C=C(c4ccc(N5CCN(C)CC5)cc4)C[C@H]1C=N3)N=C[C@@H]1CC(c3ccc(NC(=O)[C@H](C)NC(=O)[C@H](C(C)C)N(CC4c5ccccc5-c5ccccc54)C(=O)O)cc3)=CN1C2=O. The van der Waals surface area contributed by atoms with Crippen LogP contribution < -0.4 is 34.5 Å². The van der Waals surface area contributed by atoms with Crippen molar-refractivity contribution < 1.29 is 48.0 Å². The van der Waals surface area contributed by atoms with Gasteiger partial charge >= 0.3 is 6.09 Å². The van der Waals surface area contributed by atoms with Gasteiger partial charge in [0, 0.05) is 106 Å². The van der Waals surface area contributed by atoms with Gasteiger partial charge in [-0.25, -0.2) is 4.79 Å². The molecule has 1 aliphatic carbocycles. The molecule has 0 saturated carbocycles. The number of methoxy groups -OCH3 is 2. The summed E-state index contributed by atoms with van der Waals surface area (Å²) in [5, 5.41) is 16.2. The van der Waals surface area contributed by atoms with Crippen LogP contribution in [0.1, 0.15) is 88.9 Å². The van der Waals surface area contributed by atoms with E-state index >= 15 is 0 Å². The van der Waals surface area contributed by atoms with Gasteiger partial charge in [-0.2, -0.15) is 0 Å². The topological polar surface area (TPSA) is 207 Å². The molecular formula is C69H71N9O10. The molecule has 0 aromatic heterocycles. The van der Waals surface area contributed by atoms with Gasteiger partial charge in [0.2, 0.25) is 11.8 Å². The van der Waals surface area contributed by atoms with Crippen molar-refractivity contribution in [2.45, 2.75) is 70.1 Å². The van der Waals surface area contributed by atoms with Crippen molar-refractivity contribution in [3.8, 4) is 34.1 Å². The van der Waals surface area contributed by atoms with E-state index in [0.717, 1.165) is 70.7 Å². The monoisotopic (exact) mass is 1190 g/mol. The Morgan fingerprint density at radius 2 is 1.14 bits per heavy atom. The Labute approximate surface area is 511 Å². The smallest absolute Gasteiger partial charge is 0.408 e. The molecule has 6 aliphatic rings.